The third-order valence-electron chi connectivity index (χ3n) is 5.08. The van der Waals surface area contributed by atoms with Crippen molar-refractivity contribution in [1.82, 2.24) is 25.0 Å². The predicted molar refractivity (Wildman–Crippen MR) is 120 cm³/mol. The fourth-order valence-electron chi connectivity index (χ4n) is 3.38. The molecule has 3 rings (SSSR count). The van der Waals surface area contributed by atoms with Crippen LogP contribution in [0.1, 0.15) is 30.9 Å². The first-order valence-corrected chi connectivity index (χ1v) is 10.1. The van der Waals surface area contributed by atoms with E-state index < -0.39 is 0 Å². The third kappa shape index (κ3) is 5.54. The van der Waals surface area contributed by atoms with Crippen molar-refractivity contribution in [3.63, 3.8) is 0 Å². The maximum absolute atomic E-state index is 4.50. The molecular formula is C22H31N7. The SMILES string of the molecule is C=C(/C=C(\N=C/C)n1ncnc1Nc1cc(C)ccc1C)NC1CCN(C)CC1. The number of allylic oxidation sites excluding steroid dienone is 1. The van der Waals surface area contributed by atoms with Gasteiger partial charge in [0, 0.05) is 29.7 Å². The molecule has 0 radical (unpaired) electrons. The Bertz CT molecular complexity index is 902. The van der Waals surface area contributed by atoms with Crippen LogP contribution in [-0.2, 0) is 0 Å². The minimum Gasteiger partial charge on any atom is -0.383 e. The molecule has 2 N–H and O–H groups in total. The highest BCUT2D eigenvalue weighted by Gasteiger charge is 2.17. The molecule has 7 nitrogen and oxygen atoms in total. The van der Waals surface area contributed by atoms with E-state index in [1.807, 2.05) is 13.0 Å². The number of hydrogen-bond acceptors (Lipinski definition) is 6. The Morgan fingerprint density at radius 2 is 2.03 bits per heavy atom. The Hall–Kier alpha value is -2.93. The molecule has 1 aliphatic heterocycles. The lowest BCUT2D eigenvalue weighted by molar-refractivity contribution is 0.242. The van der Waals surface area contributed by atoms with Gasteiger partial charge in [0.05, 0.1) is 0 Å². The first-order valence-electron chi connectivity index (χ1n) is 10.1. The van der Waals surface area contributed by atoms with Gasteiger partial charge >= 0.3 is 0 Å². The zero-order valence-electron chi connectivity index (χ0n) is 17.8. The van der Waals surface area contributed by atoms with Crippen molar-refractivity contribution in [2.45, 2.75) is 39.7 Å². The van der Waals surface area contributed by atoms with Crippen molar-refractivity contribution in [1.29, 1.82) is 0 Å². The molecule has 29 heavy (non-hydrogen) atoms. The molecule has 0 spiro atoms. The second-order valence-corrected chi connectivity index (χ2v) is 7.58. The minimum absolute atomic E-state index is 0.435. The number of anilines is 2. The van der Waals surface area contributed by atoms with E-state index in [-0.39, 0.29) is 0 Å². The highest BCUT2D eigenvalue weighted by molar-refractivity contribution is 5.67. The first kappa shape index (κ1) is 20.8. The van der Waals surface area contributed by atoms with Crippen LogP contribution in [0.15, 0.2) is 47.9 Å². The number of piperidine rings is 1. The normalized spacial score (nSPS) is 16.3. The Morgan fingerprint density at radius 1 is 1.28 bits per heavy atom. The molecule has 2 heterocycles. The van der Waals surface area contributed by atoms with Crippen LogP contribution in [0.2, 0.25) is 0 Å². The van der Waals surface area contributed by atoms with E-state index >= 15 is 0 Å². The monoisotopic (exact) mass is 393 g/mol. The summed E-state index contributed by atoms with van der Waals surface area (Å²) in [5, 5.41) is 11.3. The van der Waals surface area contributed by atoms with Crippen LogP contribution in [-0.4, -0.2) is 52.1 Å². The summed E-state index contributed by atoms with van der Waals surface area (Å²) in [7, 11) is 2.16. The molecule has 0 amide bonds. The number of aromatic nitrogens is 3. The second kappa shape index (κ2) is 9.52. The standard InChI is InChI=1S/C22H31N7/c1-6-23-21(14-18(4)26-19-9-11-28(5)12-10-19)29-22(24-15-25-29)27-20-13-16(2)7-8-17(20)3/h6-8,13-15,19,26H,4,9-12H2,1-3,5H3,(H,24,25,27)/b21-14+,23-6-. The minimum atomic E-state index is 0.435. The lowest BCUT2D eigenvalue weighted by Crippen LogP contribution is -2.40. The van der Waals surface area contributed by atoms with Gasteiger partial charge in [-0.05, 0) is 70.9 Å². The van der Waals surface area contributed by atoms with Gasteiger partial charge in [-0.1, -0.05) is 18.7 Å². The summed E-state index contributed by atoms with van der Waals surface area (Å²) in [5.41, 5.74) is 4.15. The largest absolute Gasteiger partial charge is 0.383 e. The van der Waals surface area contributed by atoms with Crippen molar-refractivity contribution >= 4 is 23.7 Å². The maximum atomic E-state index is 4.50. The van der Waals surface area contributed by atoms with Crippen LogP contribution < -0.4 is 10.6 Å². The lowest BCUT2D eigenvalue weighted by atomic mass is 10.1. The number of benzene rings is 1. The molecule has 0 atom stereocenters. The summed E-state index contributed by atoms with van der Waals surface area (Å²) in [6.45, 7) is 12.4. The maximum Gasteiger partial charge on any atom is 0.231 e. The van der Waals surface area contributed by atoms with Gasteiger partial charge in [0.15, 0.2) is 5.82 Å². The molecule has 0 aliphatic carbocycles. The van der Waals surface area contributed by atoms with Crippen molar-refractivity contribution in [2.75, 3.05) is 25.5 Å². The first-order chi connectivity index (χ1) is 14.0. The number of aliphatic imine (C=N–C) groups is 1. The van der Waals surface area contributed by atoms with E-state index in [1.54, 1.807) is 10.9 Å². The van der Waals surface area contributed by atoms with Crippen LogP contribution in [0.4, 0.5) is 11.6 Å². The van der Waals surface area contributed by atoms with Gasteiger partial charge in [-0.2, -0.15) is 14.8 Å². The summed E-state index contributed by atoms with van der Waals surface area (Å²) in [4.78, 5) is 11.2. The summed E-state index contributed by atoms with van der Waals surface area (Å²) in [6.07, 6.45) is 7.41. The molecule has 1 aromatic carbocycles. The molecule has 1 aliphatic rings. The molecule has 1 aromatic heterocycles. The van der Waals surface area contributed by atoms with Crippen LogP contribution in [0.25, 0.3) is 5.82 Å². The lowest BCUT2D eigenvalue weighted by Gasteiger charge is -2.30. The number of hydrogen-bond donors (Lipinski definition) is 2. The van der Waals surface area contributed by atoms with E-state index in [2.05, 4.69) is 76.3 Å². The van der Waals surface area contributed by atoms with Gasteiger partial charge in [0.1, 0.15) is 6.33 Å². The summed E-state index contributed by atoms with van der Waals surface area (Å²) in [6, 6.07) is 6.72. The molecule has 1 fully saturated rings. The Labute approximate surface area is 173 Å². The predicted octanol–water partition coefficient (Wildman–Crippen LogP) is 3.73. The van der Waals surface area contributed by atoms with E-state index in [0.29, 0.717) is 17.8 Å². The van der Waals surface area contributed by atoms with Crippen molar-refractivity contribution < 1.29 is 0 Å². The Morgan fingerprint density at radius 3 is 2.76 bits per heavy atom. The van der Waals surface area contributed by atoms with Crippen LogP contribution >= 0.6 is 0 Å². The van der Waals surface area contributed by atoms with Crippen LogP contribution in [0.3, 0.4) is 0 Å². The van der Waals surface area contributed by atoms with Crippen molar-refractivity contribution in [2.24, 2.45) is 4.99 Å². The average molecular weight is 394 g/mol. The Kier molecular flexibility index (Phi) is 6.82. The van der Waals surface area contributed by atoms with E-state index in [0.717, 1.165) is 42.9 Å². The topological polar surface area (TPSA) is 70.4 Å². The quantitative estimate of drug-likeness (QED) is 0.554. The fourth-order valence-corrected chi connectivity index (χ4v) is 3.38. The summed E-state index contributed by atoms with van der Waals surface area (Å²) >= 11 is 0. The van der Waals surface area contributed by atoms with Crippen LogP contribution in [0.5, 0.6) is 0 Å². The smallest absolute Gasteiger partial charge is 0.231 e. The molecule has 0 saturated carbocycles. The van der Waals surface area contributed by atoms with Gasteiger partial charge in [-0.15, -0.1) is 0 Å². The zero-order chi connectivity index (χ0) is 20.8. The Balaban J connectivity index is 1.79. The van der Waals surface area contributed by atoms with Gasteiger partial charge in [-0.25, -0.2) is 4.99 Å². The van der Waals surface area contributed by atoms with Crippen LogP contribution in [0, 0.1) is 13.8 Å². The van der Waals surface area contributed by atoms with Crippen molar-refractivity contribution in [3.05, 3.63) is 54.0 Å². The van der Waals surface area contributed by atoms with E-state index in [1.165, 1.54) is 11.9 Å². The number of nitrogens with one attached hydrogen (secondary N) is 2. The van der Waals surface area contributed by atoms with Gasteiger partial charge in [0.2, 0.25) is 5.95 Å². The highest BCUT2D eigenvalue weighted by Crippen LogP contribution is 2.22. The average Bonchev–Trinajstić information content (AvgIpc) is 3.14. The third-order valence-corrected chi connectivity index (χ3v) is 5.08. The zero-order valence-corrected chi connectivity index (χ0v) is 17.8. The summed E-state index contributed by atoms with van der Waals surface area (Å²) < 4.78 is 1.70. The van der Waals surface area contributed by atoms with Gasteiger partial charge in [-0.3, -0.25) is 0 Å². The van der Waals surface area contributed by atoms with Gasteiger partial charge in [0.25, 0.3) is 0 Å². The second-order valence-electron chi connectivity index (χ2n) is 7.58. The van der Waals surface area contributed by atoms with Crippen molar-refractivity contribution in [3.8, 4) is 0 Å². The number of likely N-dealkylation sites (tertiary alicyclic amines) is 1. The number of rotatable bonds is 7. The molecule has 1 saturated heterocycles. The fraction of sp³-hybridized carbons (Fsp3) is 0.409. The van der Waals surface area contributed by atoms with E-state index in [9.17, 15) is 0 Å². The molecule has 7 heteroatoms. The van der Waals surface area contributed by atoms with Gasteiger partial charge < -0.3 is 15.5 Å². The highest BCUT2D eigenvalue weighted by atomic mass is 15.4. The molecule has 0 bridgehead atoms. The number of aryl methyl sites for hydroxylation is 2. The molecule has 0 unspecified atom stereocenters. The molecular weight excluding hydrogens is 362 g/mol. The molecule has 2 aromatic rings. The molecule has 154 valence electrons. The van der Waals surface area contributed by atoms with E-state index in [4.69, 9.17) is 0 Å². The number of nitrogens with zero attached hydrogens (tertiary/aromatic N) is 5. The summed E-state index contributed by atoms with van der Waals surface area (Å²) in [5.74, 6) is 1.27.